The van der Waals surface area contributed by atoms with E-state index in [4.69, 9.17) is 16.3 Å². The fraction of sp³-hybridized carbons (Fsp3) is 0.333. The molecule has 1 atom stereocenters. The zero-order valence-electron chi connectivity index (χ0n) is 17.8. The van der Waals surface area contributed by atoms with Crippen molar-refractivity contribution >= 4 is 35.0 Å². The van der Waals surface area contributed by atoms with Crippen molar-refractivity contribution in [2.24, 2.45) is 0 Å². The van der Waals surface area contributed by atoms with Crippen LogP contribution in [-0.2, 0) is 28.1 Å². The number of thiophene rings is 1. The van der Waals surface area contributed by atoms with E-state index in [1.807, 2.05) is 54.1 Å². The molecule has 1 aromatic carbocycles. The van der Waals surface area contributed by atoms with Gasteiger partial charge in [-0.25, -0.2) is 9.78 Å². The molecule has 0 saturated heterocycles. The summed E-state index contributed by atoms with van der Waals surface area (Å²) in [6.07, 6.45) is 8.64. The Bertz CT molecular complexity index is 1030. The SMILES string of the molecule is CCCCc1ncc(/C=C/COC(C)(C(=O)O)c2cccs2)n1Cc1ccccc1Cl. The van der Waals surface area contributed by atoms with Gasteiger partial charge >= 0.3 is 5.97 Å². The lowest BCUT2D eigenvalue weighted by molar-refractivity contribution is -0.163. The minimum atomic E-state index is -1.37. The number of ether oxygens (including phenoxy) is 1. The summed E-state index contributed by atoms with van der Waals surface area (Å²) >= 11 is 7.75. The van der Waals surface area contributed by atoms with Crippen LogP contribution in [0.2, 0.25) is 5.02 Å². The number of hydrogen-bond acceptors (Lipinski definition) is 4. The number of carboxylic acids is 1. The van der Waals surface area contributed by atoms with Crippen molar-refractivity contribution in [3.05, 3.63) is 81.0 Å². The largest absolute Gasteiger partial charge is 0.479 e. The van der Waals surface area contributed by atoms with Gasteiger partial charge in [-0.1, -0.05) is 55.3 Å². The number of benzene rings is 1. The van der Waals surface area contributed by atoms with Gasteiger partial charge in [-0.05, 0) is 42.5 Å². The van der Waals surface area contributed by atoms with E-state index in [0.717, 1.165) is 41.4 Å². The van der Waals surface area contributed by atoms with Crippen LogP contribution in [0.1, 0.15) is 48.6 Å². The van der Waals surface area contributed by atoms with Gasteiger partial charge in [-0.2, -0.15) is 0 Å². The molecule has 0 amide bonds. The van der Waals surface area contributed by atoms with E-state index in [1.54, 1.807) is 13.0 Å². The molecule has 0 spiro atoms. The lowest BCUT2D eigenvalue weighted by Crippen LogP contribution is -2.34. The number of imidazole rings is 1. The van der Waals surface area contributed by atoms with Crippen LogP contribution in [0, 0.1) is 0 Å². The van der Waals surface area contributed by atoms with Gasteiger partial charge in [0.25, 0.3) is 0 Å². The molecular formula is C24H27ClN2O3S. The smallest absolute Gasteiger partial charge is 0.341 e. The highest BCUT2D eigenvalue weighted by Crippen LogP contribution is 2.30. The van der Waals surface area contributed by atoms with Crippen molar-refractivity contribution in [3.8, 4) is 0 Å². The van der Waals surface area contributed by atoms with Gasteiger partial charge in [0.2, 0.25) is 0 Å². The van der Waals surface area contributed by atoms with Crippen LogP contribution in [0.4, 0.5) is 0 Å². The quantitative estimate of drug-likeness (QED) is 0.381. The van der Waals surface area contributed by atoms with Gasteiger partial charge in [0.05, 0.1) is 25.0 Å². The van der Waals surface area contributed by atoms with Crippen molar-refractivity contribution in [1.82, 2.24) is 9.55 Å². The summed E-state index contributed by atoms with van der Waals surface area (Å²) in [5.74, 6) is 0.00487. The lowest BCUT2D eigenvalue weighted by Gasteiger charge is -2.23. The average molecular weight is 459 g/mol. The molecule has 0 bridgehead atoms. The van der Waals surface area contributed by atoms with Crippen LogP contribution < -0.4 is 0 Å². The molecule has 1 N–H and O–H groups in total. The monoisotopic (exact) mass is 458 g/mol. The van der Waals surface area contributed by atoms with Crippen LogP contribution in [0.3, 0.4) is 0 Å². The highest BCUT2D eigenvalue weighted by Gasteiger charge is 2.37. The van der Waals surface area contributed by atoms with Gasteiger partial charge in [-0.15, -0.1) is 11.3 Å². The molecule has 0 aliphatic rings. The van der Waals surface area contributed by atoms with Gasteiger partial charge < -0.3 is 14.4 Å². The van der Waals surface area contributed by atoms with Crippen LogP contribution in [-0.4, -0.2) is 27.2 Å². The summed E-state index contributed by atoms with van der Waals surface area (Å²) in [7, 11) is 0. The number of aliphatic carboxylic acids is 1. The Kier molecular flexibility index (Phi) is 8.07. The molecule has 31 heavy (non-hydrogen) atoms. The molecule has 0 radical (unpaired) electrons. The van der Waals surface area contributed by atoms with E-state index in [9.17, 15) is 9.90 Å². The molecular weight excluding hydrogens is 432 g/mol. The number of carbonyl (C=O) groups is 1. The van der Waals surface area contributed by atoms with E-state index in [1.165, 1.54) is 11.3 Å². The predicted molar refractivity (Wildman–Crippen MR) is 126 cm³/mol. The van der Waals surface area contributed by atoms with E-state index < -0.39 is 11.6 Å². The summed E-state index contributed by atoms with van der Waals surface area (Å²) < 4.78 is 7.94. The number of hydrogen-bond donors (Lipinski definition) is 1. The van der Waals surface area contributed by atoms with E-state index in [2.05, 4.69) is 16.5 Å². The van der Waals surface area contributed by atoms with Crippen molar-refractivity contribution in [2.45, 2.75) is 45.3 Å². The number of unbranched alkanes of at least 4 members (excludes halogenated alkanes) is 1. The van der Waals surface area contributed by atoms with E-state index in [-0.39, 0.29) is 6.61 Å². The molecule has 1 unspecified atom stereocenters. The Hall–Kier alpha value is -2.41. The van der Waals surface area contributed by atoms with Gasteiger partial charge in [0.1, 0.15) is 5.82 Å². The topological polar surface area (TPSA) is 64.3 Å². The first kappa shape index (κ1) is 23.3. The maximum Gasteiger partial charge on any atom is 0.341 e. The predicted octanol–water partition coefficient (Wildman–Crippen LogP) is 6.02. The first-order valence-electron chi connectivity index (χ1n) is 10.3. The minimum Gasteiger partial charge on any atom is -0.479 e. The molecule has 5 nitrogen and oxygen atoms in total. The zero-order chi connectivity index (χ0) is 22.3. The number of nitrogens with zero attached hydrogens (tertiary/aromatic N) is 2. The highest BCUT2D eigenvalue weighted by atomic mass is 35.5. The highest BCUT2D eigenvalue weighted by molar-refractivity contribution is 7.10. The number of halogens is 1. The number of aryl methyl sites for hydroxylation is 1. The second kappa shape index (κ2) is 10.8. The third-order valence-electron chi connectivity index (χ3n) is 5.17. The third-order valence-corrected chi connectivity index (χ3v) is 6.61. The van der Waals surface area contributed by atoms with E-state index in [0.29, 0.717) is 11.4 Å². The van der Waals surface area contributed by atoms with Crippen molar-refractivity contribution in [2.75, 3.05) is 6.61 Å². The summed E-state index contributed by atoms with van der Waals surface area (Å²) in [5.41, 5.74) is 0.590. The maximum absolute atomic E-state index is 11.8. The summed E-state index contributed by atoms with van der Waals surface area (Å²) in [4.78, 5) is 17.1. The molecule has 2 aromatic heterocycles. The minimum absolute atomic E-state index is 0.169. The van der Waals surface area contributed by atoms with Crippen LogP contribution in [0.5, 0.6) is 0 Å². The second-order valence-electron chi connectivity index (χ2n) is 7.41. The van der Waals surface area contributed by atoms with Crippen molar-refractivity contribution < 1.29 is 14.6 Å². The molecule has 0 saturated carbocycles. The van der Waals surface area contributed by atoms with Gasteiger partial charge in [0, 0.05) is 16.3 Å². The molecule has 164 valence electrons. The van der Waals surface area contributed by atoms with Crippen molar-refractivity contribution in [3.63, 3.8) is 0 Å². The molecule has 3 aromatic rings. The summed E-state index contributed by atoms with van der Waals surface area (Å²) in [6, 6.07) is 11.4. The van der Waals surface area contributed by atoms with Crippen LogP contribution >= 0.6 is 22.9 Å². The number of aromatic nitrogens is 2. The van der Waals surface area contributed by atoms with E-state index >= 15 is 0 Å². The van der Waals surface area contributed by atoms with Crippen molar-refractivity contribution in [1.29, 1.82) is 0 Å². The molecule has 0 aliphatic heterocycles. The summed E-state index contributed by atoms with van der Waals surface area (Å²) in [6.45, 7) is 4.54. The van der Waals surface area contributed by atoms with Gasteiger partial charge in [-0.3, -0.25) is 0 Å². The molecule has 3 rings (SSSR count). The third kappa shape index (κ3) is 5.64. The number of carboxylic acid groups (broad SMARTS) is 1. The standard InChI is InChI=1S/C24H27ClN2O3S/c1-3-4-13-22-26-16-19(27(22)17-18-9-5-6-11-20(18)25)10-7-14-30-24(2,23(28)29)21-12-8-15-31-21/h5-12,15-16H,3-4,13-14,17H2,1-2H3,(H,28,29)/b10-7+. The average Bonchev–Trinajstić information content (AvgIpc) is 3.42. The Balaban J connectivity index is 1.77. The fourth-order valence-corrected chi connectivity index (χ4v) is 4.28. The number of rotatable bonds is 11. The van der Waals surface area contributed by atoms with Crippen LogP contribution in [0.25, 0.3) is 6.08 Å². The van der Waals surface area contributed by atoms with Gasteiger partial charge in [0.15, 0.2) is 5.60 Å². The fourth-order valence-electron chi connectivity index (χ4n) is 3.25. The second-order valence-corrected chi connectivity index (χ2v) is 8.76. The molecule has 2 heterocycles. The zero-order valence-corrected chi connectivity index (χ0v) is 19.3. The Morgan fingerprint density at radius 3 is 2.81 bits per heavy atom. The Labute approximate surface area is 192 Å². The maximum atomic E-state index is 11.8. The summed E-state index contributed by atoms with van der Waals surface area (Å²) in [5, 5.41) is 12.2. The Morgan fingerprint density at radius 2 is 2.13 bits per heavy atom. The first-order valence-corrected chi connectivity index (χ1v) is 11.6. The first-order chi connectivity index (χ1) is 15.0. The Morgan fingerprint density at radius 1 is 1.32 bits per heavy atom. The molecule has 0 fully saturated rings. The lowest BCUT2D eigenvalue weighted by atomic mass is 10.1. The molecule has 7 heteroatoms. The normalized spacial score (nSPS) is 13.5. The van der Waals surface area contributed by atoms with Crippen LogP contribution in [0.15, 0.2) is 54.1 Å². The molecule has 0 aliphatic carbocycles.